The highest BCUT2D eigenvalue weighted by atomic mass is 16.1. The average molecular weight is 260 g/mol. The number of tetrazole rings is 1. The zero-order chi connectivity index (χ0) is 13.8. The predicted molar refractivity (Wildman–Crippen MR) is 70.6 cm³/mol. The van der Waals surface area contributed by atoms with E-state index >= 15 is 0 Å². The van der Waals surface area contributed by atoms with E-state index in [4.69, 9.17) is 5.73 Å². The lowest BCUT2D eigenvalue weighted by molar-refractivity contribution is -0.119. The van der Waals surface area contributed by atoms with E-state index in [1.54, 1.807) is 19.1 Å². The molecule has 0 spiro atoms. The van der Waals surface area contributed by atoms with Crippen molar-refractivity contribution in [1.29, 1.82) is 0 Å². The molecule has 100 valence electrons. The third-order valence-corrected chi connectivity index (χ3v) is 2.95. The normalized spacial score (nSPS) is 13.8. The highest BCUT2D eigenvalue weighted by molar-refractivity contribution is 5.92. The Labute approximate surface area is 110 Å². The summed E-state index contributed by atoms with van der Waals surface area (Å²) in [7, 11) is 0. The second-order valence-corrected chi connectivity index (χ2v) is 4.44. The first-order valence-corrected chi connectivity index (χ1v) is 5.98. The third kappa shape index (κ3) is 3.14. The van der Waals surface area contributed by atoms with Crippen molar-refractivity contribution in [3.8, 4) is 5.69 Å². The molecule has 0 aliphatic carbocycles. The molecule has 0 aliphatic rings. The van der Waals surface area contributed by atoms with E-state index in [1.807, 2.05) is 19.1 Å². The molecule has 1 aromatic carbocycles. The van der Waals surface area contributed by atoms with E-state index in [0.29, 0.717) is 5.69 Å². The number of benzene rings is 1. The summed E-state index contributed by atoms with van der Waals surface area (Å²) in [6, 6.07) is 7.05. The fourth-order valence-corrected chi connectivity index (χ4v) is 1.47. The Morgan fingerprint density at radius 2 is 2.00 bits per heavy atom. The van der Waals surface area contributed by atoms with Crippen LogP contribution >= 0.6 is 0 Å². The largest absolute Gasteiger partial charge is 0.327 e. The van der Waals surface area contributed by atoms with Gasteiger partial charge in [0, 0.05) is 11.7 Å². The smallest absolute Gasteiger partial charge is 0.228 e. The fraction of sp³-hybridized carbons (Fsp3) is 0.333. The van der Waals surface area contributed by atoms with Crippen LogP contribution in [0.1, 0.15) is 13.8 Å². The zero-order valence-corrected chi connectivity index (χ0v) is 10.8. The van der Waals surface area contributed by atoms with Gasteiger partial charge < -0.3 is 11.1 Å². The second-order valence-electron chi connectivity index (χ2n) is 4.44. The van der Waals surface area contributed by atoms with Gasteiger partial charge in [-0.25, -0.2) is 4.68 Å². The molecule has 0 fully saturated rings. The van der Waals surface area contributed by atoms with Crippen LogP contribution in [0.15, 0.2) is 30.6 Å². The van der Waals surface area contributed by atoms with Gasteiger partial charge in [-0.1, -0.05) is 6.92 Å². The summed E-state index contributed by atoms with van der Waals surface area (Å²) in [6.07, 6.45) is 1.51. The molecule has 0 saturated carbocycles. The Kier molecular flexibility index (Phi) is 3.86. The minimum atomic E-state index is -0.237. The number of anilines is 1. The molecule has 1 aromatic heterocycles. The molecule has 1 heterocycles. The number of nitrogens with one attached hydrogen (secondary N) is 1. The van der Waals surface area contributed by atoms with Crippen LogP contribution < -0.4 is 11.1 Å². The van der Waals surface area contributed by atoms with Crippen LogP contribution in [0.3, 0.4) is 0 Å². The van der Waals surface area contributed by atoms with Crippen LogP contribution in [0.5, 0.6) is 0 Å². The maximum Gasteiger partial charge on any atom is 0.228 e. The van der Waals surface area contributed by atoms with E-state index in [0.717, 1.165) is 5.69 Å². The number of hydrogen-bond acceptors (Lipinski definition) is 5. The van der Waals surface area contributed by atoms with Crippen LogP contribution in [0.2, 0.25) is 0 Å². The number of nitrogens with two attached hydrogens (primary N) is 1. The second kappa shape index (κ2) is 5.57. The summed E-state index contributed by atoms with van der Waals surface area (Å²) in [6.45, 7) is 3.61. The third-order valence-electron chi connectivity index (χ3n) is 2.95. The van der Waals surface area contributed by atoms with Crippen molar-refractivity contribution in [3.05, 3.63) is 30.6 Å². The fourth-order valence-electron chi connectivity index (χ4n) is 1.47. The van der Waals surface area contributed by atoms with Gasteiger partial charge in [-0.05, 0) is 41.6 Å². The van der Waals surface area contributed by atoms with Crippen molar-refractivity contribution >= 4 is 11.6 Å². The first kappa shape index (κ1) is 13.2. The first-order chi connectivity index (χ1) is 9.08. The number of aromatic nitrogens is 4. The molecule has 1 amide bonds. The molecule has 2 unspecified atom stereocenters. The monoisotopic (exact) mass is 260 g/mol. The summed E-state index contributed by atoms with van der Waals surface area (Å²) in [4.78, 5) is 11.8. The number of rotatable bonds is 4. The van der Waals surface area contributed by atoms with Gasteiger partial charge in [-0.3, -0.25) is 4.79 Å². The van der Waals surface area contributed by atoms with Crippen LogP contribution in [0.25, 0.3) is 5.69 Å². The molecule has 2 atom stereocenters. The van der Waals surface area contributed by atoms with E-state index < -0.39 is 0 Å². The summed E-state index contributed by atoms with van der Waals surface area (Å²) in [5.74, 6) is -0.329. The van der Waals surface area contributed by atoms with Gasteiger partial charge in [0.1, 0.15) is 6.33 Å². The van der Waals surface area contributed by atoms with E-state index in [9.17, 15) is 4.79 Å². The van der Waals surface area contributed by atoms with Crippen molar-refractivity contribution in [2.45, 2.75) is 19.9 Å². The minimum absolute atomic E-state index is 0.0924. The number of hydrogen-bond donors (Lipinski definition) is 2. The summed E-state index contributed by atoms with van der Waals surface area (Å²) in [5, 5.41) is 13.7. The van der Waals surface area contributed by atoms with Crippen molar-refractivity contribution in [2.24, 2.45) is 11.7 Å². The van der Waals surface area contributed by atoms with E-state index in [2.05, 4.69) is 20.8 Å². The number of nitrogens with zero attached hydrogens (tertiary/aromatic N) is 4. The molecule has 0 saturated heterocycles. The maximum absolute atomic E-state index is 11.8. The number of amides is 1. The van der Waals surface area contributed by atoms with Crippen LogP contribution in [-0.4, -0.2) is 32.2 Å². The summed E-state index contributed by atoms with van der Waals surface area (Å²) in [5.41, 5.74) is 7.23. The lowest BCUT2D eigenvalue weighted by Gasteiger charge is -2.15. The standard InChI is InChI=1S/C12H16N6O/c1-8(9(2)13)12(19)15-10-3-5-11(6-4-10)18-7-14-16-17-18/h3-9H,13H2,1-2H3,(H,15,19). The van der Waals surface area contributed by atoms with Gasteiger partial charge in [0.25, 0.3) is 0 Å². The Hall–Kier alpha value is -2.28. The van der Waals surface area contributed by atoms with E-state index in [-0.39, 0.29) is 17.9 Å². The maximum atomic E-state index is 11.8. The quantitative estimate of drug-likeness (QED) is 0.838. The highest BCUT2D eigenvalue weighted by Gasteiger charge is 2.16. The lowest BCUT2D eigenvalue weighted by Crippen LogP contribution is -2.34. The van der Waals surface area contributed by atoms with Gasteiger partial charge in [-0.15, -0.1) is 5.10 Å². The van der Waals surface area contributed by atoms with Gasteiger partial charge in [0.2, 0.25) is 5.91 Å². The highest BCUT2D eigenvalue weighted by Crippen LogP contribution is 2.13. The average Bonchev–Trinajstić information content (AvgIpc) is 2.92. The van der Waals surface area contributed by atoms with Crippen LogP contribution in [-0.2, 0) is 4.79 Å². The first-order valence-electron chi connectivity index (χ1n) is 5.98. The van der Waals surface area contributed by atoms with Gasteiger partial charge in [-0.2, -0.15) is 0 Å². The van der Waals surface area contributed by atoms with Crippen LogP contribution in [0.4, 0.5) is 5.69 Å². The topological polar surface area (TPSA) is 98.7 Å². The SMILES string of the molecule is CC(N)C(C)C(=O)Nc1ccc(-n2cnnn2)cc1. The molecule has 3 N–H and O–H groups in total. The Bertz CT molecular complexity index is 534. The molecule has 2 rings (SSSR count). The predicted octanol–water partition coefficient (Wildman–Crippen LogP) is 0.584. The molecule has 2 aromatic rings. The van der Waals surface area contributed by atoms with Gasteiger partial charge in [0.05, 0.1) is 11.6 Å². The summed E-state index contributed by atoms with van der Waals surface area (Å²) >= 11 is 0. The number of carbonyl (C=O) groups is 1. The Morgan fingerprint density at radius 3 is 2.53 bits per heavy atom. The molecule has 19 heavy (non-hydrogen) atoms. The molecule has 0 bridgehead atoms. The lowest BCUT2D eigenvalue weighted by atomic mass is 10.0. The van der Waals surface area contributed by atoms with Crippen LogP contribution in [0, 0.1) is 5.92 Å². The van der Waals surface area contributed by atoms with Gasteiger partial charge in [0.15, 0.2) is 0 Å². The summed E-state index contributed by atoms with van der Waals surface area (Å²) < 4.78 is 1.54. The zero-order valence-electron chi connectivity index (χ0n) is 10.8. The molecular weight excluding hydrogens is 244 g/mol. The molecule has 0 aliphatic heterocycles. The Morgan fingerprint density at radius 1 is 1.32 bits per heavy atom. The molecule has 7 nitrogen and oxygen atoms in total. The molecule has 0 radical (unpaired) electrons. The van der Waals surface area contributed by atoms with Crippen molar-refractivity contribution in [1.82, 2.24) is 20.2 Å². The van der Waals surface area contributed by atoms with Crippen molar-refractivity contribution < 1.29 is 4.79 Å². The van der Waals surface area contributed by atoms with Crippen molar-refractivity contribution in [3.63, 3.8) is 0 Å². The Balaban J connectivity index is 2.05. The van der Waals surface area contributed by atoms with E-state index in [1.165, 1.54) is 11.0 Å². The minimum Gasteiger partial charge on any atom is -0.327 e. The number of carbonyl (C=O) groups excluding carboxylic acids is 1. The molecular formula is C12H16N6O. The van der Waals surface area contributed by atoms with Gasteiger partial charge >= 0.3 is 0 Å². The van der Waals surface area contributed by atoms with Crippen molar-refractivity contribution in [2.75, 3.05) is 5.32 Å². The molecule has 7 heteroatoms.